The SMILES string of the molecule is C=COCCOCCOC=O. The quantitative estimate of drug-likeness (QED) is 0.292. The zero-order chi connectivity index (χ0) is 8.36. The molecule has 0 heterocycles. The van der Waals surface area contributed by atoms with Crippen LogP contribution in [0.2, 0.25) is 0 Å². The molecule has 64 valence electrons. The van der Waals surface area contributed by atoms with Crippen molar-refractivity contribution >= 4 is 6.47 Å². The molecule has 0 aliphatic carbocycles. The lowest BCUT2D eigenvalue weighted by Gasteiger charge is -2.02. The number of carbonyl (C=O) groups is 1. The van der Waals surface area contributed by atoms with Crippen LogP contribution < -0.4 is 0 Å². The van der Waals surface area contributed by atoms with E-state index in [9.17, 15) is 4.79 Å². The largest absolute Gasteiger partial charge is 0.499 e. The zero-order valence-corrected chi connectivity index (χ0v) is 6.32. The fraction of sp³-hybridized carbons (Fsp3) is 0.571. The first-order chi connectivity index (χ1) is 5.41. The van der Waals surface area contributed by atoms with E-state index in [2.05, 4.69) is 11.3 Å². The lowest BCUT2D eigenvalue weighted by atomic mass is 10.7. The van der Waals surface area contributed by atoms with Crippen LogP contribution in [0, 0.1) is 0 Å². The van der Waals surface area contributed by atoms with Gasteiger partial charge in [0, 0.05) is 0 Å². The zero-order valence-electron chi connectivity index (χ0n) is 6.32. The Kier molecular flexibility index (Phi) is 8.13. The molecule has 0 aromatic rings. The summed E-state index contributed by atoms with van der Waals surface area (Å²) in [7, 11) is 0. The summed E-state index contributed by atoms with van der Waals surface area (Å²) in [6.07, 6.45) is 1.35. The van der Waals surface area contributed by atoms with Gasteiger partial charge in [0.05, 0.1) is 19.5 Å². The Bertz CT molecular complexity index is 90.6. The highest BCUT2D eigenvalue weighted by Crippen LogP contribution is 1.78. The maximum atomic E-state index is 9.62. The average Bonchev–Trinajstić information content (AvgIpc) is 2.03. The predicted octanol–water partition coefficient (Wildman–Crippen LogP) is 0.336. The van der Waals surface area contributed by atoms with E-state index in [4.69, 9.17) is 9.47 Å². The van der Waals surface area contributed by atoms with Crippen molar-refractivity contribution in [3.8, 4) is 0 Å². The Morgan fingerprint density at radius 2 is 1.73 bits per heavy atom. The van der Waals surface area contributed by atoms with E-state index in [1.165, 1.54) is 6.26 Å². The Balaban J connectivity index is 2.79. The molecular formula is C7H12O4. The van der Waals surface area contributed by atoms with Crippen molar-refractivity contribution in [3.63, 3.8) is 0 Å². The van der Waals surface area contributed by atoms with Crippen LogP contribution in [0.5, 0.6) is 0 Å². The van der Waals surface area contributed by atoms with Gasteiger partial charge in [-0.1, -0.05) is 6.58 Å². The Morgan fingerprint density at radius 3 is 2.27 bits per heavy atom. The lowest BCUT2D eigenvalue weighted by Crippen LogP contribution is -2.07. The standard InChI is InChI=1S/C7H12O4/c1-2-9-3-4-10-5-6-11-7-8/h2,7H,1,3-6H2. The summed E-state index contributed by atoms with van der Waals surface area (Å²) in [6.45, 7) is 5.40. The van der Waals surface area contributed by atoms with Crippen molar-refractivity contribution in [3.05, 3.63) is 12.8 Å². The molecule has 0 rings (SSSR count). The lowest BCUT2D eigenvalue weighted by molar-refractivity contribution is -0.130. The summed E-state index contributed by atoms with van der Waals surface area (Å²) >= 11 is 0. The normalized spacial score (nSPS) is 8.73. The van der Waals surface area contributed by atoms with Crippen LogP contribution in [0.15, 0.2) is 12.8 Å². The molecule has 0 saturated heterocycles. The first-order valence-corrected chi connectivity index (χ1v) is 3.27. The van der Waals surface area contributed by atoms with Crippen molar-refractivity contribution < 1.29 is 19.0 Å². The molecule has 0 unspecified atom stereocenters. The molecule has 0 fully saturated rings. The molecule has 0 atom stereocenters. The molecule has 0 aromatic heterocycles. The summed E-state index contributed by atoms with van der Waals surface area (Å²) in [5.41, 5.74) is 0. The van der Waals surface area contributed by atoms with Gasteiger partial charge in [-0.05, 0) is 0 Å². The number of rotatable bonds is 8. The Hall–Kier alpha value is -1.03. The number of carbonyl (C=O) groups excluding carboxylic acids is 1. The van der Waals surface area contributed by atoms with E-state index in [0.717, 1.165) is 0 Å². The van der Waals surface area contributed by atoms with Crippen molar-refractivity contribution in [1.29, 1.82) is 0 Å². The van der Waals surface area contributed by atoms with Gasteiger partial charge in [0.15, 0.2) is 0 Å². The highest BCUT2D eigenvalue weighted by molar-refractivity contribution is 5.36. The summed E-state index contributed by atoms with van der Waals surface area (Å²) < 4.78 is 14.1. The van der Waals surface area contributed by atoms with E-state index in [0.29, 0.717) is 26.3 Å². The second-order valence-electron chi connectivity index (χ2n) is 1.62. The monoisotopic (exact) mass is 160 g/mol. The maximum Gasteiger partial charge on any atom is 0.293 e. The van der Waals surface area contributed by atoms with Crippen molar-refractivity contribution in [2.45, 2.75) is 0 Å². The molecule has 0 aliphatic rings. The van der Waals surface area contributed by atoms with E-state index >= 15 is 0 Å². The number of hydrogen-bond donors (Lipinski definition) is 0. The van der Waals surface area contributed by atoms with Crippen LogP contribution in [-0.4, -0.2) is 32.9 Å². The van der Waals surface area contributed by atoms with Gasteiger partial charge in [0.25, 0.3) is 6.47 Å². The minimum absolute atomic E-state index is 0.289. The molecule has 0 amide bonds. The van der Waals surface area contributed by atoms with Crippen LogP contribution >= 0.6 is 0 Å². The molecule has 0 N–H and O–H groups in total. The van der Waals surface area contributed by atoms with E-state index in [1.54, 1.807) is 0 Å². The van der Waals surface area contributed by atoms with Gasteiger partial charge in [0.2, 0.25) is 0 Å². The van der Waals surface area contributed by atoms with Gasteiger partial charge < -0.3 is 14.2 Å². The smallest absolute Gasteiger partial charge is 0.293 e. The van der Waals surface area contributed by atoms with Gasteiger partial charge in [0.1, 0.15) is 13.2 Å². The molecule has 11 heavy (non-hydrogen) atoms. The second kappa shape index (κ2) is 8.97. The van der Waals surface area contributed by atoms with Crippen LogP contribution in [0.4, 0.5) is 0 Å². The Morgan fingerprint density at radius 1 is 1.09 bits per heavy atom. The average molecular weight is 160 g/mol. The van der Waals surface area contributed by atoms with E-state index in [-0.39, 0.29) is 6.61 Å². The fourth-order valence-electron chi connectivity index (χ4n) is 0.448. The van der Waals surface area contributed by atoms with Crippen molar-refractivity contribution in [2.75, 3.05) is 26.4 Å². The summed E-state index contributed by atoms with van der Waals surface area (Å²) in [6, 6.07) is 0. The first-order valence-electron chi connectivity index (χ1n) is 3.27. The molecule has 4 nitrogen and oxygen atoms in total. The highest BCUT2D eigenvalue weighted by Gasteiger charge is 1.86. The Labute approximate surface area is 65.7 Å². The van der Waals surface area contributed by atoms with Gasteiger partial charge in [-0.3, -0.25) is 4.79 Å². The third-order valence-corrected chi connectivity index (χ3v) is 0.877. The third-order valence-electron chi connectivity index (χ3n) is 0.877. The highest BCUT2D eigenvalue weighted by atomic mass is 16.6. The van der Waals surface area contributed by atoms with Crippen LogP contribution in [0.25, 0.3) is 0 Å². The molecule has 4 heteroatoms. The first kappa shape index (κ1) is 9.97. The third kappa shape index (κ3) is 8.97. The topological polar surface area (TPSA) is 44.8 Å². The minimum atomic E-state index is 0.289. The fourth-order valence-corrected chi connectivity index (χ4v) is 0.448. The number of hydrogen-bond acceptors (Lipinski definition) is 4. The molecular weight excluding hydrogens is 148 g/mol. The minimum Gasteiger partial charge on any atom is -0.499 e. The molecule has 0 spiro atoms. The molecule has 0 radical (unpaired) electrons. The van der Waals surface area contributed by atoms with Gasteiger partial charge >= 0.3 is 0 Å². The predicted molar refractivity (Wildman–Crippen MR) is 39.0 cm³/mol. The van der Waals surface area contributed by atoms with Crippen LogP contribution in [0.1, 0.15) is 0 Å². The van der Waals surface area contributed by atoms with E-state index in [1.807, 2.05) is 0 Å². The molecule has 0 aromatic carbocycles. The summed E-state index contributed by atoms with van der Waals surface area (Å²) in [5.74, 6) is 0. The summed E-state index contributed by atoms with van der Waals surface area (Å²) in [4.78, 5) is 9.62. The van der Waals surface area contributed by atoms with Crippen molar-refractivity contribution in [1.82, 2.24) is 0 Å². The van der Waals surface area contributed by atoms with E-state index < -0.39 is 0 Å². The van der Waals surface area contributed by atoms with Crippen LogP contribution in [-0.2, 0) is 19.0 Å². The molecule has 0 aliphatic heterocycles. The second-order valence-corrected chi connectivity index (χ2v) is 1.62. The van der Waals surface area contributed by atoms with Gasteiger partial charge in [-0.2, -0.15) is 0 Å². The van der Waals surface area contributed by atoms with Gasteiger partial charge in [-0.15, -0.1) is 0 Å². The van der Waals surface area contributed by atoms with Crippen molar-refractivity contribution in [2.24, 2.45) is 0 Å². The van der Waals surface area contributed by atoms with Crippen LogP contribution in [0.3, 0.4) is 0 Å². The maximum absolute atomic E-state index is 9.62. The van der Waals surface area contributed by atoms with Gasteiger partial charge in [-0.25, -0.2) is 0 Å². The summed E-state index contributed by atoms with van der Waals surface area (Å²) in [5, 5.41) is 0. The number of ether oxygens (including phenoxy) is 3. The molecule has 0 bridgehead atoms. The molecule has 0 saturated carbocycles.